The summed E-state index contributed by atoms with van der Waals surface area (Å²) in [7, 11) is 1.50. The average Bonchev–Trinajstić information content (AvgIpc) is 3.10. The number of likely N-dealkylation sites (tertiary alicyclic amines) is 1. The third-order valence-corrected chi connectivity index (χ3v) is 6.28. The molecule has 1 fully saturated rings. The van der Waals surface area contributed by atoms with Gasteiger partial charge in [0.05, 0.1) is 18.5 Å². The molecule has 1 aliphatic heterocycles. The molecule has 0 saturated carbocycles. The van der Waals surface area contributed by atoms with E-state index in [-0.39, 0.29) is 22.8 Å². The smallest absolute Gasteiger partial charge is 0.407 e. The van der Waals surface area contributed by atoms with Crippen molar-refractivity contribution in [2.75, 3.05) is 25.9 Å². The molecule has 4 rings (SSSR count). The predicted octanol–water partition coefficient (Wildman–Crippen LogP) is 4.00. The monoisotopic (exact) mass is 466 g/mol. The molecule has 3 N–H and O–H groups in total. The van der Waals surface area contributed by atoms with Gasteiger partial charge in [-0.15, -0.1) is 0 Å². The van der Waals surface area contributed by atoms with Crippen molar-refractivity contribution in [3.05, 3.63) is 39.8 Å². The minimum atomic E-state index is -2.87. The number of amides is 1. The number of carboxylic acid groups (broad SMARTS) is 1. The summed E-state index contributed by atoms with van der Waals surface area (Å²) in [5.74, 6) is 0.329. The Balaban J connectivity index is 1.86. The van der Waals surface area contributed by atoms with Crippen LogP contribution >= 0.6 is 11.6 Å². The fourth-order valence-corrected chi connectivity index (χ4v) is 4.41. The van der Waals surface area contributed by atoms with Gasteiger partial charge in [-0.3, -0.25) is 0 Å². The van der Waals surface area contributed by atoms with E-state index in [0.29, 0.717) is 29.4 Å². The van der Waals surface area contributed by atoms with E-state index in [1.165, 1.54) is 23.0 Å². The number of nitrogen functional groups attached to an aromatic ring is 1. The fourth-order valence-electron chi connectivity index (χ4n) is 4.19. The molecule has 32 heavy (non-hydrogen) atoms. The minimum Gasteiger partial charge on any atom is -0.496 e. The van der Waals surface area contributed by atoms with Gasteiger partial charge in [-0.2, -0.15) is 5.10 Å². The van der Waals surface area contributed by atoms with Crippen LogP contribution in [0.25, 0.3) is 11.0 Å². The van der Waals surface area contributed by atoms with Crippen molar-refractivity contribution in [2.24, 2.45) is 0 Å². The van der Waals surface area contributed by atoms with Crippen molar-refractivity contribution in [3.8, 4) is 5.75 Å². The number of methoxy groups -OCH3 is 1. The first-order valence-electron chi connectivity index (χ1n) is 9.77. The summed E-state index contributed by atoms with van der Waals surface area (Å²) < 4.78 is 34.4. The quantitative estimate of drug-likeness (QED) is 0.583. The molecule has 3 heterocycles. The molecule has 0 aliphatic carbocycles. The summed E-state index contributed by atoms with van der Waals surface area (Å²) in [6.45, 7) is 4.22. The number of alkyl halides is 2. The van der Waals surface area contributed by atoms with Gasteiger partial charge < -0.3 is 20.5 Å². The summed E-state index contributed by atoms with van der Waals surface area (Å²) in [6, 6.07) is 1.11. The van der Waals surface area contributed by atoms with Crippen LogP contribution < -0.4 is 10.5 Å². The average molecular weight is 467 g/mol. The largest absolute Gasteiger partial charge is 0.496 e. The molecule has 12 heteroatoms. The summed E-state index contributed by atoms with van der Waals surface area (Å²) >= 11 is 6.52. The third kappa shape index (κ3) is 3.36. The molecule has 1 amide bonds. The molecule has 2 aromatic heterocycles. The van der Waals surface area contributed by atoms with Crippen molar-refractivity contribution in [1.82, 2.24) is 24.6 Å². The van der Waals surface area contributed by atoms with E-state index in [0.717, 1.165) is 11.1 Å². The Morgan fingerprint density at radius 1 is 1.38 bits per heavy atom. The molecule has 170 valence electrons. The molecule has 0 radical (unpaired) electrons. The van der Waals surface area contributed by atoms with Gasteiger partial charge in [0, 0.05) is 35.2 Å². The van der Waals surface area contributed by atoms with Crippen molar-refractivity contribution in [1.29, 1.82) is 0 Å². The SMILES string of the molecule is COc1c(C(C)n2nc(C(F)F)c3c(N)ncnc32)cc(Cl)c(C)c1C1CN(C(=O)O)C1. The Morgan fingerprint density at radius 3 is 2.66 bits per heavy atom. The number of rotatable bonds is 5. The third-order valence-electron chi connectivity index (χ3n) is 5.88. The number of ether oxygens (including phenoxy) is 1. The Bertz CT molecular complexity index is 1210. The number of fused-ring (bicyclic) bond motifs is 1. The van der Waals surface area contributed by atoms with Gasteiger partial charge >= 0.3 is 6.09 Å². The number of nitrogens with two attached hydrogens (primary N) is 1. The fraction of sp³-hybridized carbons (Fsp3) is 0.400. The van der Waals surface area contributed by atoms with E-state index in [1.54, 1.807) is 13.0 Å². The second-order valence-corrected chi connectivity index (χ2v) is 8.08. The second-order valence-electron chi connectivity index (χ2n) is 7.67. The molecule has 9 nitrogen and oxygen atoms in total. The van der Waals surface area contributed by atoms with E-state index < -0.39 is 24.3 Å². The summed E-state index contributed by atoms with van der Waals surface area (Å²) in [5.41, 5.74) is 7.68. The van der Waals surface area contributed by atoms with Gasteiger partial charge in [0.1, 0.15) is 23.6 Å². The normalized spacial score (nSPS) is 15.3. The molecular weight excluding hydrogens is 446 g/mol. The molecule has 1 unspecified atom stereocenters. The maximum absolute atomic E-state index is 13.7. The zero-order chi connectivity index (χ0) is 23.3. The highest BCUT2D eigenvalue weighted by atomic mass is 35.5. The first-order chi connectivity index (χ1) is 15.1. The van der Waals surface area contributed by atoms with Crippen molar-refractivity contribution < 1.29 is 23.4 Å². The van der Waals surface area contributed by atoms with Crippen molar-refractivity contribution in [2.45, 2.75) is 32.2 Å². The van der Waals surface area contributed by atoms with Crippen LogP contribution in [0.15, 0.2) is 12.4 Å². The van der Waals surface area contributed by atoms with Gasteiger partial charge in [-0.05, 0) is 25.5 Å². The van der Waals surface area contributed by atoms with E-state index in [1.807, 2.05) is 6.92 Å². The maximum atomic E-state index is 13.7. The molecular formula is C20H21ClF2N6O3. The summed E-state index contributed by atoms with van der Waals surface area (Å²) in [5, 5.41) is 13.7. The van der Waals surface area contributed by atoms with E-state index in [4.69, 9.17) is 22.1 Å². The number of nitrogens with zero attached hydrogens (tertiary/aromatic N) is 5. The van der Waals surface area contributed by atoms with Crippen molar-refractivity contribution in [3.63, 3.8) is 0 Å². The van der Waals surface area contributed by atoms with Gasteiger partial charge in [0.2, 0.25) is 0 Å². The Morgan fingerprint density at radius 2 is 2.06 bits per heavy atom. The molecule has 0 bridgehead atoms. The van der Waals surface area contributed by atoms with E-state index in [2.05, 4.69) is 15.1 Å². The van der Waals surface area contributed by atoms with Crippen LogP contribution in [0, 0.1) is 6.92 Å². The van der Waals surface area contributed by atoms with Crippen LogP contribution in [0.5, 0.6) is 5.75 Å². The highest BCUT2D eigenvalue weighted by Crippen LogP contribution is 2.44. The summed E-state index contributed by atoms with van der Waals surface area (Å²) in [4.78, 5) is 20.4. The van der Waals surface area contributed by atoms with E-state index >= 15 is 0 Å². The number of hydrogen-bond acceptors (Lipinski definition) is 6. The molecule has 1 aliphatic rings. The zero-order valence-electron chi connectivity index (χ0n) is 17.5. The highest BCUT2D eigenvalue weighted by Gasteiger charge is 2.37. The van der Waals surface area contributed by atoms with Crippen LogP contribution in [0.4, 0.5) is 19.4 Å². The molecule has 1 aromatic carbocycles. The number of anilines is 1. The maximum Gasteiger partial charge on any atom is 0.407 e. The lowest BCUT2D eigenvalue weighted by atomic mass is 9.85. The summed E-state index contributed by atoms with van der Waals surface area (Å²) in [6.07, 6.45) is -2.67. The zero-order valence-corrected chi connectivity index (χ0v) is 18.3. The van der Waals surface area contributed by atoms with Gasteiger partial charge in [0.15, 0.2) is 5.65 Å². The van der Waals surface area contributed by atoms with E-state index in [9.17, 15) is 18.7 Å². The number of benzene rings is 1. The Kier molecular flexibility index (Phi) is 5.53. The highest BCUT2D eigenvalue weighted by molar-refractivity contribution is 6.31. The number of aromatic nitrogens is 4. The molecule has 1 saturated heterocycles. The standard InChI is InChI=1S/C20H21ClF2N6O3/c1-8-12(21)4-11(16(32-3)13(8)10-5-28(6-10)20(30)31)9(2)29-19-14(15(27-29)17(22)23)18(24)25-7-26-19/h4,7,9-10,17H,5-6H2,1-3H3,(H,30,31)(H2,24,25,26). The van der Waals surface area contributed by atoms with Gasteiger partial charge in [-0.25, -0.2) is 28.2 Å². The number of carbonyl (C=O) groups is 1. The van der Waals surface area contributed by atoms with Crippen LogP contribution in [0.1, 0.15) is 47.7 Å². The Labute approximate surface area is 186 Å². The molecule has 3 aromatic rings. The first kappa shape index (κ1) is 22.0. The van der Waals surface area contributed by atoms with Gasteiger partial charge in [0.25, 0.3) is 6.43 Å². The van der Waals surface area contributed by atoms with Crippen LogP contribution in [0.3, 0.4) is 0 Å². The number of halogens is 3. The number of hydrogen-bond donors (Lipinski definition) is 2. The topological polar surface area (TPSA) is 119 Å². The van der Waals surface area contributed by atoms with Crippen LogP contribution in [-0.4, -0.2) is 56.0 Å². The lowest BCUT2D eigenvalue weighted by Gasteiger charge is -2.39. The van der Waals surface area contributed by atoms with Crippen LogP contribution in [-0.2, 0) is 0 Å². The minimum absolute atomic E-state index is 0.00263. The lowest BCUT2D eigenvalue weighted by Crippen LogP contribution is -2.48. The van der Waals surface area contributed by atoms with Crippen molar-refractivity contribution >= 4 is 34.5 Å². The molecule has 0 spiro atoms. The lowest BCUT2D eigenvalue weighted by molar-refractivity contribution is 0.104. The predicted molar refractivity (Wildman–Crippen MR) is 114 cm³/mol. The second kappa shape index (κ2) is 8.05. The van der Waals surface area contributed by atoms with Gasteiger partial charge in [-0.1, -0.05) is 11.6 Å². The molecule has 1 atom stereocenters. The Hall–Kier alpha value is -3.21. The van der Waals surface area contributed by atoms with Crippen LogP contribution in [0.2, 0.25) is 5.02 Å². The first-order valence-corrected chi connectivity index (χ1v) is 10.1.